The summed E-state index contributed by atoms with van der Waals surface area (Å²) in [6.07, 6.45) is 7.31. The van der Waals surface area contributed by atoms with Crippen LogP contribution in [0.3, 0.4) is 0 Å². The standard InChI is InChI=1S/C22H22N2O2S/c1-2-27(25,26)24(18-20-11-8-16-23-17-20)22-13-7-6-12-21(22)15-14-19-9-4-3-5-10-19/h3-17H,2,18H2,1H3. The highest BCUT2D eigenvalue weighted by Crippen LogP contribution is 2.27. The summed E-state index contributed by atoms with van der Waals surface area (Å²) in [5, 5.41) is 0. The average Bonchev–Trinajstić information content (AvgIpc) is 2.72. The van der Waals surface area contributed by atoms with E-state index in [9.17, 15) is 8.42 Å². The van der Waals surface area contributed by atoms with Crippen LogP contribution in [0.5, 0.6) is 0 Å². The van der Waals surface area contributed by atoms with Crippen LogP contribution in [0.15, 0.2) is 79.1 Å². The van der Waals surface area contributed by atoms with Gasteiger partial charge in [0.05, 0.1) is 18.0 Å². The zero-order valence-electron chi connectivity index (χ0n) is 15.2. The zero-order valence-corrected chi connectivity index (χ0v) is 16.0. The molecule has 0 aliphatic heterocycles. The number of nitrogens with zero attached hydrogens (tertiary/aromatic N) is 2. The van der Waals surface area contributed by atoms with Crippen molar-refractivity contribution in [3.8, 4) is 0 Å². The number of rotatable bonds is 7. The molecular weight excluding hydrogens is 356 g/mol. The van der Waals surface area contributed by atoms with Crippen molar-refractivity contribution in [2.75, 3.05) is 10.1 Å². The molecule has 0 saturated carbocycles. The molecule has 0 bridgehead atoms. The molecule has 0 fully saturated rings. The summed E-state index contributed by atoms with van der Waals surface area (Å²) in [6, 6.07) is 21.2. The van der Waals surface area contributed by atoms with Gasteiger partial charge in [0.2, 0.25) is 10.0 Å². The van der Waals surface area contributed by atoms with E-state index in [4.69, 9.17) is 0 Å². The Hall–Kier alpha value is -2.92. The molecule has 0 unspecified atom stereocenters. The van der Waals surface area contributed by atoms with Crippen molar-refractivity contribution in [3.05, 3.63) is 95.8 Å². The van der Waals surface area contributed by atoms with Crippen LogP contribution in [-0.2, 0) is 16.6 Å². The summed E-state index contributed by atoms with van der Waals surface area (Å²) < 4.78 is 27.1. The first-order valence-corrected chi connectivity index (χ1v) is 10.4. The topological polar surface area (TPSA) is 50.3 Å². The minimum atomic E-state index is -3.45. The Morgan fingerprint density at radius 3 is 2.37 bits per heavy atom. The molecule has 0 aliphatic rings. The lowest BCUT2D eigenvalue weighted by Crippen LogP contribution is -2.32. The number of para-hydroxylation sites is 1. The normalized spacial score (nSPS) is 11.6. The lowest BCUT2D eigenvalue weighted by atomic mass is 10.1. The Balaban J connectivity index is 2.01. The van der Waals surface area contributed by atoms with E-state index < -0.39 is 10.0 Å². The first kappa shape index (κ1) is 18.9. The van der Waals surface area contributed by atoms with Gasteiger partial charge in [-0.05, 0) is 35.7 Å². The number of hydrogen-bond donors (Lipinski definition) is 0. The fourth-order valence-corrected chi connectivity index (χ4v) is 3.88. The lowest BCUT2D eigenvalue weighted by Gasteiger charge is -2.25. The molecule has 138 valence electrons. The minimum Gasteiger partial charge on any atom is -0.265 e. The fraction of sp³-hybridized carbons (Fsp3) is 0.136. The van der Waals surface area contributed by atoms with Crippen molar-refractivity contribution < 1.29 is 8.42 Å². The van der Waals surface area contributed by atoms with E-state index in [-0.39, 0.29) is 12.3 Å². The molecule has 27 heavy (non-hydrogen) atoms. The SMILES string of the molecule is CCS(=O)(=O)N(Cc1cccnc1)c1ccccc1C=Cc1ccccc1. The zero-order chi connectivity index (χ0) is 19.1. The van der Waals surface area contributed by atoms with Crippen molar-refractivity contribution in [1.82, 2.24) is 4.98 Å². The highest BCUT2D eigenvalue weighted by molar-refractivity contribution is 7.92. The van der Waals surface area contributed by atoms with Gasteiger partial charge in [-0.2, -0.15) is 0 Å². The van der Waals surface area contributed by atoms with Gasteiger partial charge in [-0.25, -0.2) is 8.42 Å². The molecule has 5 heteroatoms. The van der Waals surface area contributed by atoms with Gasteiger partial charge >= 0.3 is 0 Å². The first-order valence-electron chi connectivity index (χ1n) is 8.81. The number of pyridine rings is 1. The monoisotopic (exact) mass is 378 g/mol. The van der Waals surface area contributed by atoms with Gasteiger partial charge in [-0.1, -0.05) is 66.7 Å². The van der Waals surface area contributed by atoms with Gasteiger partial charge in [0.25, 0.3) is 0 Å². The molecule has 2 aromatic carbocycles. The predicted octanol–water partition coefficient (Wildman–Crippen LogP) is 4.61. The third kappa shape index (κ3) is 4.83. The molecule has 0 N–H and O–H groups in total. The van der Waals surface area contributed by atoms with Gasteiger partial charge in [0, 0.05) is 12.4 Å². The summed E-state index contributed by atoms with van der Waals surface area (Å²) in [5.41, 5.74) is 3.42. The van der Waals surface area contributed by atoms with Crippen LogP contribution in [0.4, 0.5) is 5.69 Å². The van der Waals surface area contributed by atoms with Crippen molar-refractivity contribution in [1.29, 1.82) is 0 Å². The second kappa shape index (κ2) is 8.64. The van der Waals surface area contributed by atoms with Crippen LogP contribution in [0.2, 0.25) is 0 Å². The van der Waals surface area contributed by atoms with Gasteiger partial charge < -0.3 is 0 Å². The van der Waals surface area contributed by atoms with E-state index in [1.165, 1.54) is 4.31 Å². The van der Waals surface area contributed by atoms with Crippen molar-refractivity contribution >= 4 is 27.9 Å². The van der Waals surface area contributed by atoms with Crippen molar-refractivity contribution in [2.45, 2.75) is 13.5 Å². The lowest BCUT2D eigenvalue weighted by molar-refractivity contribution is 0.591. The number of hydrogen-bond acceptors (Lipinski definition) is 3. The Morgan fingerprint density at radius 1 is 0.926 bits per heavy atom. The van der Waals surface area contributed by atoms with Gasteiger partial charge in [0.15, 0.2) is 0 Å². The van der Waals surface area contributed by atoms with Crippen LogP contribution in [-0.4, -0.2) is 19.2 Å². The fourth-order valence-electron chi connectivity index (χ4n) is 2.75. The molecule has 0 radical (unpaired) electrons. The van der Waals surface area contributed by atoms with Gasteiger partial charge in [-0.3, -0.25) is 9.29 Å². The Kier molecular flexibility index (Phi) is 6.04. The van der Waals surface area contributed by atoms with E-state index >= 15 is 0 Å². The van der Waals surface area contributed by atoms with E-state index in [0.29, 0.717) is 5.69 Å². The second-order valence-electron chi connectivity index (χ2n) is 6.07. The molecule has 3 aromatic rings. The molecule has 1 aromatic heterocycles. The molecule has 3 rings (SSSR count). The van der Waals surface area contributed by atoms with Crippen LogP contribution in [0, 0.1) is 0 Å². The summed E-state index contributed by atoms with van der Waals surface area (Å²) >= 11 is 0. The second-order valence-corrected chi connectivity index (χ2v) is 8.25. The predicted molar refractivity (Wildman–Crippen MR) is 112 cm³/mol. The molecular formula is C22H22N2O2S. The number of aromatic nitrogens is 1. The average molecular weight is 378 g/mol. The Labute approximate surface area is 160 Å². The van der Waals surface area contributed by atoms with Crippen LogP contribution in [0.25, 0.3) is 12.2 Å². The van der Waals surface area contributed by atoms with E-state index in [0.717, 1.165) is 16.7 Å². The van der Waals surface area contributed by atoms with Gasteiger partial charge in [-0.15, -0.1) is 0 Å². The van der Waals surface area contributed by atoms with Crippen LogP contribution in [0.1, 0.15) is 23.6 Å². The molecule has 4 nitrogen and oxygen atoms in total. The highest BCUT2D eigenvalue weighted by atomic mass is 32.2. The molecule has 0 aliphatic carbocycles. The smallest absolute Gasteiger partial charge is 0.235 e. The third-order valence-electron chi connectivity index (χ3n) is 4.21. The molecule has 0 spiro atoms. The Bertz CT molecular complexity index is 1000. The highest BCUT2D eigenvalue weighted by Gasteiger charge is 2.22. The maximum absolute atomic E-state index is 12.8. The van der Waals surface area contributed by atoms with E-state index in [1.54, 1.807) is 19.3 Å². The van der Waals surface area contributed by atoms with Crippen molar-refractivity contribution in [3.63, 3.8) is 0 Å². The van der Waals surface area contributed by atoms with Crippen LogP contribution >= 0.6 is 0 Å². The molecule has 1 heterocycles. The first-order chi connectivity index (χ1) is 13.1. The molecule has 0 saturated heterocycles. The van der Waals surface area contributed by atoms with E-state index in [2.05, 4.69) is 4.98 Å². The van der Waals surface area contributed by atoms with Crippen molar-refractivity contribution in [2.24, 2.45) is 0 Å². The Morgan fingerprint density at radius 2 is 1.67 bits per heavy atom. The summed E-state index contributed by atoms with van der Waals surface area (Å²) in [4.78, 5) is 4.10. The number of sulfonamides is 1. The van der Waals surface area contributed by atoms with Crippen LogP contribution < -0.4 is 4.31 Å². The summed E-state index contributed by atoms with van der Waals surface area (Å²) in [5.74, 6) is 0.0317. The largest absolute Gasteiger partial charge is 0.265 e. The van der Waals surface area contributed by atoms with E-state index in [1.807, 2.05) is 78.9 Å². The minimum absolute atomic E-state index is 0.0317. The third-order valence-corrected chi connectivity index (χ3v) is 5.94. The number of benzene rings is 2. The molecule has 0 atom stereocenters. The maximum Gasteiger partial charge on any atom is 0.235 e. The number of anilines is 1. The summed E-state index contributed by atoms with van der Waals surface area (Å²) in [6.45, 7) is 1.91. The molecule has 0 amide bonds. The maximum atomic E-state index is 12.8. The quantitative estimate of drug-likeness (QED) is 0.564. The summed E-state index contributed by atoms with van der Waals surface area (Å²) in [7, 11) is -3.45. The van der Waals surface area contributed by atoms with Gasteiger partial charge in [0.1, 0.15) is 0 Å².